The topological polar surface area (TPSA) is 70.1 Å². The molecule has 0 aromatic heterocycles. The zero-order chi connectivity index (χ0) is 17.1. The van der Waals surface area contributed by atoms with Crippen molar-refractivity contribution in [3.8, 4) is 5.75 Å². The van der Waals surface area contributed by atoms with E-state index < -0.39 is 0 Å². The van der Waals surface area contributed by atoms with Gasteiger partial charge in [-0.15, -0.1) is 0 Å². The summed E-state index contributed by atoms with van der Waals surface area (Å²) in [6.45, 7) is 3.75. The van der Waals surface area contributed by atoms with Gasteiger partial charge >= 0.3 is 5.97 Å². The summed E-state index contributed by atoms with van der Waals surface area (Å²) in [5.74, 6) is -0.00571. The Morgan fingerprint density at radius 1 is 1.29 bits per heavy atom. The van der Waals surface area contributed by atoms with Gasteiger partial charge in [0.05, 0.1) is 13.2 Å². The minimum atomic E-state index is -0.315. The highest BCUT2D eigenvalue weighted by molar-refractivity contribution is 5.97. The van der Waals surface area contributed by atoms with Crippen LogP contribution in [0.4, 0.5) is 5.69 Å². The van der Waals surface area contributed by atoms with Crippen LogP contribution in [0.5, 0.6) is 5.75 Å². The monoisotopic (exact) mass is 332 g/mol. The summed E-state index contributed by atoms with van der Waals surface area (Å²) in [5.41, 5.74) is 1.85. The summed E-state index contributed by atoms with van der Waals surface area (Å²) in [5, 5.41) is 9.57. The highest BCUT2D eigenvalue weighted by Crippen LogP contribution is 2.31. The molecule has 1 aromatic carbocycles. The van der Waals surface area contributed by atoms with Crippen molar-refractivity contribution in [2.45, 2.75) is 38.6 Å². The standard InChI is InChI=1S/C18H24N2O4/c1-2-24-18(23)16-5-3-4-9-19(16)12-17(22)20-10-8-13-11-14(21)6-7-15(13)20/h6-7,11,16,21H,2-5,8-10,12H2,1H3. The van der Waals surface area contributed by atoms with Crippen LogP contribution in [0.15, 0.2) is 18.2 Å². The Balaban J connectivity index is 1.69. The lowest BCUT2D eigenvalue weighted by Crippen LogP contribution is -2.50. The van der Waals surface area contributed by atoms with E-state index in [1.807, 2.05) is 4.90 Å². The van der Waals surface area contributed by atoms with Crippen LogP contribution >= 0.6 is 0 Å². The largest absolute Gasteiger partial charge is 0.508 e. The molecule has 0 saturated carbocycles. The maximum atomic E-state index is 12.8. The summed E-state index contributed by atoms with van der Waals surface area (Å²) in [4.78, 5) is 28.6. The minimum Gasteiger partial charge on any atom is -0.508 e. The molecule has 0 radical (unpaired) electrons. The van der Waals surface area contributed by atoms with Crippen LogP contribution in [-0.2, 0) is 20.7 Å². The zero-order valence-corrected chi connectivity index (χ0v) is 14.0. The molecule has 1 aromatic rings. The lowest BCUT2D eigenvalue weighted by atomic mass is 10.0. The SMILES string of the molecule is CCOC(=O)C1CCCCN1CC(=O)N1CCc2cc(O)ccc21. The number of hydrogen-bond acceptors (Lipinski definition) is 5. The number of aromatic hydroxyl groups is 1. The first-order chi connectivity index (χ1) is 11.6. The first kappa shape index (κ1) is 16.8. The van der Waals surface area contributed by atoms with Crippen LogP contribution in [0, 0.1) is 0 Å². The molecule has 1 atom stereocenters. The number of likely N-dealkylation sites (tertiary alicyclic amines) is 1. The van der Waals surface area contributed by atoms with Gasteiger partial charge in [0.25, 0.3) is 0 Å². The molecule has 3 rings (SSSR count). The van der Waals surface area contributed by atoms with E-state index in [1.54, 1.807) is 30.0 Å². The van der Waals surface area contributed by atoms with E-state index in [2.05, 4.69) is 0 Å². The molecule has 1 saturated heterocycles. The fourth-order valence-electron chi connectivity index (χ4n) is 3.59. The fraction of sp³-hybridized carbons (Fsp3) is 0.556. The van der Waals surface area contributed by atoms with Crippen molar-refractivity contribution in [2.24, 2.45) is 0 Å². The number of benzene rings is 1. The van der Waals surface area contributed by atoms with Gasteiger partial charge in [0.1, 0.15) is 11.8 Å². The van der Waals surface area contributed by atoms with Crippen molar-refractivity contribution in [1.29, 1.82) is 0 Å². The van der Waals surface area contributed by atoms with Gasteiger partial charge in [-0.3, -0.25) is 14.5 Å². The quantitative estimate of drug-likeness (QED) is 0.850. The molecule has 6 heteroatoms. The average molecular weight is 332 g/mol. The van der Waals surface area contributed by atoms with E-state index in [-0.39, 0.29) is 30.2 Å². The Labute approximate surface area is 142 Å². The number of nitrogens with zero attached hydrogens (tertiary/aromatic N) is 2. The van der Waals surface area contributed by atoms with Crippen molar-refractivity contribution >= 4 is 17.6 Å². The van der Waals surface area contributed by atoms with Gasteiger partial charge in [0.15, 0.2) is 0 Å². The number of ether oxygens (including phenoxy) is 1. The first-order valence-electron chi connectivity index (χ1n) is 8.63. The second kappa shape index (κ2) is 7.21. The number of rotatable bonds is 4. The third-order valence-corrected chi connectivity index (χ3v) is 4.77. The molecule has 6 nitrogen and oxygen atoms in total. The Morgan fingerprint density at radius 3 is 2.92 bits per heavy atom. The van der Waals surface area contributed by atoms with Gasteiger partial charge in [-0.05, 0) is 56.5 Å². The molecule has 0 bridgehead atoms. The number of piperidine rings is 1. The number of amides is 1. The molecule has 2 aliphatic rings. The highest BCUT2D eigenvalue weighted by atomic mass is 16.5. The van der Waals surface area contributed by atoms with Gasteiger partial charge < -0.3 is 14.7 Å². The summed E-state index contributed by atoms with van der Waals surface area (Å²) in [7, 11) is 0. The van der Waals surface area contributed by atoms with Crippen LogP contribution in [0.1, 0.15) is 31.7 Å². The van der Waals surface area contributed by atoms with Gasteiger partial charge in [-0.1, -0.05) is 6.42 Å². The molecular formula is C18H24N2O4. The maximum Gasteiger partial charge on any atom is 0.323 e. The Bertz CT molecular complexity index is 631. The lowest BCUT2D eigenvalue weighted by Gasteiger charge is -2.34. The van der Waals surface area contributed by atoms with Gasteiger partial charge in [-0.2, -0.15) is 0 Å². The van der Waals surface area contributed by atoms with Crippen molar-refractivity contribution in [2.75, 3.05) is 31.1 Å². The first-order valence-corrected chi connectivity index (χ1v) is 8.63. The Hall–Kier alpha value is -2.08. The van der Waals surface area contributed by atoms with Gasteiger partial charge in [-0.25, -0.2) is 0 Å². The molecule has 0 aliphatic carbocycles. The van der Waals surface area contributed by atoms with Crippen LogP contribution in [0.25, 0.3) is 0 Å². The van der Waals surface area contributed by atoms with Crippen molar-refractivity contribution in [3.63, 3.8) is 0 Å². The number of carbonyl (C=O) groups excluding carboxylic acids is 2. The number of carbonyl (C=O) groups is 2. The molecule has 1 unspecified atom stereocenters. The third kappa shape index (κ3) is 3.38. The summed E-state index contributed by atoms with van der Waals surface area (Å²) in [6.07, 6.45) is 3.47. The summed E-state index contributed by atoms with van der Waals surface area (Å²) >= 11 is 0. The zero-order valence-electron chi connectivity index (χ0n) is 14.0. The number of anilines is 1. The molecule has 2 aliphatic heterocycles. The minimum absolute atomic E-state index is 0.00404. The Kier molecular flexibility index (Phi) is 5.04. The normalized spacial score (nSPS) is 20.7. The predicted molar refractivity (Wildman–Crippen MR) is 90.0 cm³/mol. The second-order valence-corrected chi connectivity index (χ2v) is 6.34. The molecule has 24 heavy (non-hydrogen) atoms. The number of hydrogen-bond donors (Lipinski definition) is 1. The fourth-order valence-corrected chi connectivity index (χ4v) is 3.59. The third-order valence-electron chi connectivity index (χ3n) is 4.77. The van der Waals surface area contributed by atoms with E-state index in [0.29, 0.717) is 13.2 Å². The van der Waals surface area contributed by atoms with Gasteiger partial charge in [0.2, 0.25) is 5.91 Å². The molecule has 2 heterocycles. The van der Waals surface area contributed by atoms with Crippen LogP contribution in [0.3, 0.4) is 0 Å². The van der Waals surface area contributed by atoms with Crippen molar-refractivity contribution in [1.82, 2.24) is 4.90 Å². The second-order valence-electron chi connectivity index (χ2n) is 6.34. The van der Waals surface area contributed by atoms with E-state index in [0.717, 1.165) is 43.5 Å². The van der Waals surface area contributed by atoms with Crippen LogP contribution in [0.2, 0.25) is 0 Å². The van der Waals surface area contributed by atoms with Crippen molar-refractivity contribution < 1.29 is 19.4 Å². The van der Waals surface area contributed by atoms with Crippen LogP contribution in [-0.4, -0.2) is 54.2 Å². The van der Waals surface area contributed by atoms with Crippen molar-refractivity contribution in [3.05, 3.63) is 23.8 Å². The Morgan fingerprint density at radius 2 is 2.12 bits per heavy atom. The molecule has 0 spiro atoms. The summed E-state index contributed by atoms with van der Waals surface area (Å²) in [6, 6.07) is 4.79. The number of phenols is 1. The molecule has 1 fully saturated rings. The molecule has 1 amide bonds. The van der Waals surface area contributed by atoms with Crippen LogP contribution < -0.4 is 4.90 Å². The van der Waals surface area contributed by atoms with E-state index in [4.69, 9.17) is 4.74 Å². The highest BCUT2D eigenvalue weighted by Gasteiger charge is 2.33. The predicted octanol–water partition coefficient (Wildman–Crippen LogP) is 1.70. The van der Waals surface area contributed by atoms with E-state index in [1.165, 1.54) is 0 Å². The van der Waals surface area contributed by atoms with E-state index >= 15 is 0 Å². The summed E-state index contributed by atoms with van der Waals surface area (Å²) < 4.78 is 5.15. The lowest BCUT2D eigenvalue weighted by molar-refractivity contribution is -0.151. The maximum absolute atomic E-state index is 12.8. The van der Waals surface area contributed by atoms with E-state index in [9.17, 15) is 14.7 Å². The average Bonchev–Trinajstić information content (AvgIpc) is 2.98. The molecular weight excluding hydrogens is 308 g/mol. The number of esters is 1. The number of fused-ring (bicyclic) bond motifs is 1. The smallest absolute Gasteiger partial charge is 0.323 e. The molecule has 130 valence electrons. The van der Waals surface area contributed by atoms with Gasteiger partial charge in [0, 0.05) is 12.2 Å². The molecule has 1 N–H and O–H groups in total. The number of phenolic OH excluding ortho intramolecular Hbond substituents is 1.